The molecule has 0 aliphatic carbocycles. The van der Waals surface area contributed by atoms with Gasteiger partial charge in [0.15, 0.2) is 0 Å². The summed E-state index contributed by atoms with van der Waals surface area (Å²) in [4.78, 5) is 14.2. The van der Waals surface area contributed by atoms with Crippen molar-refractivity contribution in [3.63, 3.8) is 0 Å². The summed E-state index contributed by atoms with van der Waals surface area (Å²) in [5.41, 5.74) is 0.00217. The minimum Gasteiger partial charge on any atom is -0.485 e. The Balaban J connectivity index is 2.14. The normalized spacial score (nSPS) is 10.2. The Kier molecular flexibility index (Phi) is 3.70. The minimum absolute atomic E-state index is 0.00217. The fourth-order valence-electron chi connectivity index (χ4n) is 1.18. The highest BCUT2D eigenvalue weighted by atomic mass is 79.9. The van der Waals surface area contributed by atoms with Gasteiger partial charge in [-0.3, -0.25) is 10.1 Å². The van der Waals surface area contributed by atoms with E-state index in [1.54, 1.807) is 12.3 Å². The number of nitro groups is 1. The zero-order valence-corrected chi connectivity index (χ0v) is 10.9. The van der Waals surface area contributed by atoms with Crippen molar-refractivity contribution in [1.29, 1.82) is 0 Å². The Morgan fingerprint density at radius 2 is 2.35 bits per heavy atom. The Hall–Kier alpha value is -1.47. The first-order chi connectivity index (χ1) is 8.16. The van der Waals surface area contributed by atoms with Gasteiger partial charge >= 0.3 is 0 Å². The van der Waals surface area contributed by atoms with Crippen molar-refractivity contribution >= 4 is 33.0 Å². The van der Waals surface area contributed by atoms with Gasteiger partial charge in [0, 0.05) is 17.6 Å². The van der Waals surface area contributed by atoms with Crippen LogP contribution < -0.4 is 4.74 Å². The van der Waals surface area contributed by atoms with Gasteiger partial charge < -0.3 is 4.74 Å². The van der Waals surface area contributed by atoms with E-state index in [4.69, 9.17) is 4.74 Å². The molecule has 88 valence electrons. The van der Waals surface area contributed by atoms with Crippen LogP contribution in [0.5, 0.6) is 5.75 Å². The van der Waals surface area contributed by atoms with E-state index in [1.165, 1.54) is 23.5 Å². The predicted octanol–water partition coefficient (Wildman–Crippen LogP) is 3.39. The SMILES string of the molecule is O=[N+]([O-])c1ccc(Br)c(OCc2nccs2)c1. The van der Waals surface area contributed by atoms with Gasteiger partial charge in [-0.05, 0) is 22.0 Å². The molecule has 0 aliphatic heterocycles. The second-order valence-electron chi connectivity index (χ2n) is 3.09. The third-order valence-corrected chi connectivity index (χ3v) is 3.37. The van der Waals surface area contributed by atoms with Gasteiger partial charge in [0.2, 0.25) is 0 Å². The van der Waals surface area contributed by atoms with Crippen molar-refractivity contribution in [3.8, 4) is 5.75 Å². The molecule has 7 heteroatoms. The van der Waals surface area contributed by atoms with Gasteiger partial charge in [-0.1, -0.05) is 0 Å². The van der Waals surface area contributed by atoms with E-state index in [1.807, 2.05) is 5.38 Å². The fourth-order valence-corrected chi connectivity index (χ4v) is 2.07. The molecule has 0 saturated carbocycles. The van der Waals surface area contributed by atoms with Gasteiger partial charge in [0.05, 0.1) is 15.5 Å². The second kappa shape index (κ2) is 5.24. The van der Waals surface area contributed by atoms with Crippen LogP contribution >= 0.6 is 27.3 Å². The molecule has 0 spiro atoms. The smallest absolute Gasteiger partial charge is 0.273 e. The molecule has 0 aliphatic rings. The first kappa shape index (κ1) is 12.0. The number of thiazole rings is 1. The topological polar surface area (TPSA) is 65.3 Å². The number of rotatable bonds is 4. The number of halogens is 1. The van der Waals surface area contributed by atoms with Crippen molar-refractivity contribution in [1.82, 2.24) is 4.98 Å². The Morgan fingerprint density at radius 3 is 3.00 bits per heavy atom. The van der Waals surface area contributed by atoms with Crippen LogP contribution in [-0.4, -0.2) is 9.91 Å². The van der Waals surface area contributed by atoms with Gasteiger partial charge in [-0.2, -0.15) is 0 Å². The molecule has 0 atom stereocenters. The zero-order valence-electron chi connectivity index (χ0n) is 8.50. The van der Waals surface area contributed by atoms with Gasteiger partial charge in [0.25, 0.3) is 5.69 Å². The third kappa shape index (κ3) is 3.01. The molecule has 0 unspecified atom stereocenters. The predicted molar refractivity (Wildman–Crippen MR) is 67.2 cm³/mol. The zero-order chi connectivity index (χ0) is 12.3. The van der Waals surface area contributed by atoms with Gasteiger partial charge in [-0.15, -0.1) is 11.3 Å². The summed E-state index contributed by atoms with van der Waals surface area (Å²) in [6.45, 7) is 0.303. The van der Waals surface area contributed by atoms with E-state index >= 15 is 0 Å². The first-order valence-electron chi connectivity index (χ1n) is 4.62. The van der Waals surface area contributed by atoms with Crippen molar-refractivity contribution in [3.05, 3.63) is 49.4 Å². The maximum atomic E-state index is 10.6. The Labute approximate surface area is 109 Å². The van der Waals surface area contributed by atoms with Crippen molar-refractivity contribution in [2.24, 2.45) is 0 Å². The summed E-state index contributed by atoms with van der Waals surface area (Å²) in [6.07, 6.45) is 1.69. The average molecular weight is 315 g/mol. The highest BCUT2D eigenvalue weighted by Crippen LogP contribution is 2.29. The van der Waals surface area contributed by atoms with Crippen LogP contribution in [0.2, 0.25) is 0 Å². The summed E-state index contributed by atoms with van der Waals surface area (Å²) in [5, 5.41) is 13.3. The van der Waals surface area contributed by atoms with Crippen LogP contribution in [-0.2, 0) is 6.61 Å². The quantitative estimate of drug-likeness (QED) is 0.641. The largest absolute Gasteiger partial charge is 0.485 e. The van der Waals surface area contributed by atoms with Crippen molar-refractivity contribution in [2.45, 2.75) is 6.61 Å². The molecule has 1 aromatic carbocycles. The van der Waals surface area contributed by atoms with Crippen molar-refractivity contribution in [2.75, 3.05) is 0 Å². The lowest BCUT2D eigenvalue weighted by Gasteiger charge is -2.05. The van der Waals surface area contributed by atoms with Crippen LogP contribution in [0.1, 0.15) is 5.01 Å². The number of hydrogen-bond acceptors (Lipinski definition) is 5. The fraction of sp³-hybridized carbons (Fsp3) is 0.100. The number of non-ortho nitro benzene ring substituents is 1. The minimum atomic E-state index is -0.456. The van der Waals surface area contributed by atoms with Crippen LogP contribution in [0, 0.1) is 10.1 Å². The third-order valence-electron chi connectivity index (χ3n) is 1.96. The molecule has 2 rings (SSSR count). The number of nitrogens with zero attached hydrogens (tertiary/aromatic N) is 2. The molecular weight excluding hydrogens is 308 g/mol. The molecule has 1 aromatic heterocycles. The summed E-state index contributed by atoms with van der Waals surface area (Å²) in [7, 11) is 0. The lowest BCUT2D eigenvalue weighted by molar-refractivity contribution is -0.385. The van der Waals surface area contributed by atoms with E-state index in [9.17, 15) is 10.1 Å². The molecule has 0 saturated heterocycles. The van der Waals surface area contributed by atoms with Crippen LogP contribution in [0.4, 0.5) is 5.69 Å². The Bertz CT molecular complexity index is 530. The molecule has 5 nitrogen and oxygen atoms in total. The molecule has 1 heterocycles. The van der Waals surface area contributed by atoms with Gasteiger partial charge in [0.1, 0.15) is 17.4 Å². The monoisotopic (exact) mass is 314 g/mol. The molecule has 17 heavy (non-hydrogen) atoms. The van der Waals surface area contributed by atoms with E-state index in [0.717, 1.165) is 5.01 Å². The summed E-state index contributed by atoms with van der Waals surface area (Å²) < 4.78 is 6.15. The van der Waals surface area contributed by atoms with Crippen LogP contribution in [0.15, 0.2) is 34.2 Å². The second-order valence-corrected chi connectivity index (χ2v) is 4.92. The maximum absolute atomic E-state index is 10.6. The standard InChI is InChI=1S/C10H7BrN2O3S/c11-8-2-1-7(13(14)15)5-9(8)16-6-10-12-3-4-17-10/h1-5H,6H2. The number of ether oxygens (including phenoxy) is 1. The molecular formula is C10H7BrN2O3S. The first-order valence-corrected chi connectivity index (χ1v) is 6.29. The summed E-state index contributed by atoms with van der Waals surface area (Å²) >= 11 is 4.75. The number of aromatic nitrogens is 1. The van der Waals surface area contributed by atoms with Crippen LogP contribution in [0.25, 0.3) is 0 Å². The number of benzene rings is 1. The van der Waals surface area contributed by atoms with Gasteiger partial charge in [-0.25, -0.2) is 4.98 Å². The van der Waals surface area contributed by atoms with Crippen LogP contribution in [0.3, 0.4) is 0 Å². The number of hydrogen-bond donors (Lipinski definition) is 0. The lowest BCUT2D eigenvalue weighted by Crippen LogP contribution is -1.96. The molecule has 0 amide bonds. The Morgan fingerprint density at radius 1 is 1.53 bits per heavy atom. The number of nitro benzene ring substituents is 1. The van der Waals surface area contributed by atoms with Crippen molar-refractivity contribution < 1.29 is 9.66 Å². The summed E-state index contributed by atoms with van der Waals surface area (Å²) in [6, 6.07) is 4.40. The highest BCUT2D eigenvalue weighted by Gasteiger charge is 2.10. The van der Waals surface area contributed by atoms with E-state index in [0.29, 0.717) is 16.8 Å². The molecule has 0 bridgehead atoms. The van der Waals surface area contributed by atoms with E-state index in [-0.39, 0.29) is 5.69 Å². The summed E-state index contributed by atoms with van der Waals surface area (Å²) in [5.74, 6) is 0.439. The average Bonchev–Trinajstić information content (AvgIpc) is 2.80. The van der Waals surface area contributed by atoms with E-state index < -0.39 is 4.92 Å². The lowest BCUT2D eigenvalue weighted by atomic mass is 10.3. The highest BCUT2D eigenvalue weighted by molar-refractivity contribution is 9.10. The van der Waals surface area contributed by atoms with E-state index in [2.05, 4.69) is 20.9 Å². The molecule has 0 radical (unpaired) electrons. The molecule has 2 aromatic rings. The molecule has 0 fully saturated rings. The molecule has 0 N–H and O–H groups in total. The maximum Gasteiger partial charge on any atom is 0.273 e.